The maximum atomic E-state index is 10.5. The standard InChI is InChI=1S/C12H25N3O2/c13-12(17)4-2-1-3-5-14-6-8-15(9-7-14)10-11-16/h16H,1-11H2,(H2,13,17). The number of aliphatic hydroxyl groups excluding tert-OH is 1. The lowest BCUT2D eigenvalue weighted by molar-refractivity contribution is -0.118. The molecule has 0 radical (unpaired) electrons. The van der Waals surface area contributed by atoms with Gasteiger partial charge in [-0.3, -0.25) is 9.69 Å². The molecule has 5 nitrogen and oxygen atoms in total. The minimum atomic E-state index is -0.192. The Labute approximate surface area is 104 Å². The molecule has 0 aromatic rings. The Morgan fingerprint density at radius 1 is 1.00 bits per heavy atom. The van der Waals surface area contributed by atoms with Crippen molar-refractivity contribution in [2.45, 2.75) is 25.7 Å². The minimum absolute atomic E-state index is 0.192. The van der Waals surface area contributed by atoms with Crippen LogP contribution in [0.15, 0.2) is 0 Å². The summed E-state index contributed by atoms with van der Waals surface area (Å²) in [5.41, 5.74) is 5.09. The first-order valence-electron chi connectivity index (χ1n) is 6.56. The van der Waals surface area contributed by atoms with Crippen molar-refractivity contribution in [2.75, 3.05) is 45.9 Å². The van der Waals surface area contributed by atoms with E-state index in [2.05, 4.69) is 9.80 Å². The van der Waals surface area contributed by atoms with Gasteiger partial charge in [0.1, 0.15) is 0 Å². The van der Waals surface area contributed by atoms with Crippen molar-refractivity contribution in [3.63, 3.8) is 0 Å². The number of amides is 1. The Morgan fingerprint density at radius 2 is 1.59 bits per heavy atom. The fraction of sp³-hybridized carbons (Fsp3) is 0.917. The summed E-state index contributed by atoms with van der Waals surface area (Å²) < 4.78 is 0. The molecular formula is C12H25N3O2. The monoisotopic (exact) mass is 243 g/mol. The summed E-state index contributed by atoms with van der Waals surface area (Å²) in [6.45, 7) is 6.47. The van der Waals surface area contributed by atoms with Crippen LogP contribution in [0.2, 0.25) is 0 Å². The maximum Gasteiger partial charge on any atom is 0.217 e. The molecule has 1 heterocycles. The van der Waals surface area contributed by atoms with Gasteiger partial charge in [-0.2, -0.15) is 0 Å². The van der Waals surface area contributed by atoms with Gasteiger partial charge in [-0.25, -0.2) is 0 Å². The third-order valence-electron chi connectivity index (χ3n) is 3.28. The molecule has 1 saturated heterocycles. The molecule has 5 heteroatoms. The molecule has 0 spiro atoms. The van der Waals surface area contributed by atoms with Gasteiger partial charge < -0.3 is 15.7 Å². The molecule has 1 aliphatic heterocycles. The van der Waals surface area contributed by atoms with Crippen molar-refractivity contribution >= 4 is 5.91 Å². The molecule has 1 fully saturated rings. The zero-order valence-corrected chi connectivity index (χ0v) is 10.6. The number of primary amides is 1. The zero-order valence-electron chi connectivity index (χ0n) is 10.6. The number of rotatable bonds is 8. The molecule has 0 aromatic heterocycles. The highest BCUT2D eigenvalue weighted by Crippen LogP contribution is 2.05. The highest BCUT2D eigenvalue weighted by atomic mass is 16.3. The molecule has 0 bridgehead atoms. The van der Waals surface area contributed by atoms with Crippen LogP contribution >= 0.6 is 0 Å². The van der Waals surface area contributed by atoms with Crippen molar-refractivity contribution in [1.29, 1.82) is 0 Å². The lowest BCUT2D eigenvalue weighted by Gasteiger charge is -2.34. The Balaban J connectivity index is 1.97. The number of nitrogens with two attached hydrogens (primary N) is 1. The Kier molecular flexibility index (Phi) is 7.16. The van der Waals surface area contributed by atoms with Crippen molar-refractivity contribution < 1.29 is 9.90 Å². The molecule has 0 aliphatic carbocycles. The predicted octanol–water partition coefficient (Wildman–Crippen LogP) is -0.358. The molecule has 0 unspecified atom stereocenters. The molecule has 3 N–H and O–H groups in total. The van der Waals surface area contributed by atoms with Gasteiger partial charge in [-0.15, -0.1) is 0 Å². The molecule has 0 aromatic carbocycles. The second-order valence-corrected chi connectivity index (χ2v) is 4.68. The largest absolute Gasteiger partial charge is 0.395 e. The van der Waals surface area contributed by atoms with Crippen LogP contribution in [0.4, 0.5) is 0 Å². The van der Waals surface area contributed by atoms with Crippen LogP contribution in [0.1, 0.15) is 25.7 Å². The Bertz CT molecular complexity index is 216. The molecular weight excluding hydrogens is 218 g/mol. The third kappa shape index (κ3) is 6.61. The van der Waals surface area contributed by atoms with Gasteiger partial charge in [0, 0.05) is 39.1 Å². The van der Waals surface area contributed by atoms with Crippen molar-refractivity contribution in [2.24, 2.45) is 5.73 Å². The molecule has 17 heavy (non-hydrogen) atoms. The van der Waals surface area contributed by atoms with Gasteiger partial charge in [0.2, 0.25) is 5.91 Å². The smallest absolute Gasteiger partial charge is 0.217 e. The van der Waals surface area contributed by atoms with Gasteiger partial charge >= 0.3 is 0 Å². The number of nitrogens with zero attached hydrogens (tertiary/aromatic N) is 2. The van der Waals surface area contributed by atoms with Gasteiger partial charge in [0.05, 0.1) is 6.61 Å². The summed E-state index contributed by atoms with van der Waals surface area (Å²) >= 11 is 0. The topological polar surface area (TPSA) is 69.8 Å². The van der Waals surface area contributed by atoms with Crippen LogP contribution in [0.5, 0.6) is 0 Å². The number of aliphatic hydroxyl groups is 1. The summed E-state index contributed by atoms with van der Waals surface area (Å²) in [6, 6.07) is 0. The zero-order chi connectivity index (χ0) is 12.5. The molecule has 0 atom stereocenters. The SMILES string of the molecule is NC(=O)CCCCCN1CCN(CCO)CC1. The van der Waals surface area contributed by atoms with E-state index in [1.807, 2.05) is 0 Å². The van der Waals surface area contributed by atoms with E-state index in [9.17, 15) is 4.79 Å². The summed E-state index contributed by atoms with van der Waals surface area (Å²) in [4.78, 5) is 15.3. The van der Waals surface area contributed by atoms with E-state index in [1.54, 1.807) is 0 Å². The average Bonchev–Trinajstić information content (AvgIpc) is 2.31. The maximum absolute atomic E-state index is 10.5. The number of carbonyl (C=O) groups is 1. The number of piperazine rings is 1. The summed E-state index contributed by atoms with van der Waals surface area (Å²) in [5, 5.41) is 8.84. The summed E-state index contributed by atoms with van der Waals surface area (Å²) in [5.74, 6) is -0.192. The molecule has 100 valence electrons. The van der Waals surface area contributed by atoms with Gasteiger partial charge in [-0.05, 0) is 19.4 Å². The fourth-order valence-corrected chi connectivity index (χ4v) is 2.19. The third-order valence-corrected chi connectivity index (χ3v) is 3.28. The molecule has 1 aliphatic rings. The van der Waals surface area contributed by atoms with E-state index in [0.717, 1.165) is 58.5 Å². The highest BCUT2D eigenvalue weighted by Gasteiger charge is 2.15. The van der Waals surface area contributed by atoms with Crippen molar-refractivity contribution in [3.05, 3.63) is 0 Å². The van der Waals surface area contributed by atoms with Gasteiger partial charge in [0.25, 0.3) is 0 Å². The van der Waals surface area contributed by atoms with E-state index in [1.165, 1.54) is 0 Å². The van der Waals surface area contributed by atoms with Crippen LogP contribution in [0.25, 0.3) is 0 Å². The van der Waals surface area contributed by atoms with Crippen LogP contribution < -0.4 is 5.73 Å². The van der Waals surface area contributed by atoms with Gasteiger partial charge in [0.15, 0.2) is 0 Å². The Morgan fingerprint density at radius 3 is 2.12 bits per heavy atom. The number of unbranched alkanes of at least 4 members (excludes halogenated alkanes) is 2. The van der Waals surface area contributed by atoms with Crippen LogP contribution in [-0.2, 0) is 4.79 Å². The van der Waals surface area contributed by atoms with E-state index in [0.29, 0.717) is 6.42 Å². The molecule has 1 rings (SSSR count). The number of β-amino-alcohol motifs (C(OH)–C–C–N with tert-alkyl or cyclic N) is 1. The van der Waals surface area contributed by atoms with Crippen molar-refractivity contribution in [1.82, 2.24) is 9.80 Å². The second kappa shape index (κ2) is 8.44. The van der Waals surface area contributed by atoms with Crippen LogP contribution in [0, 0.1) is 0 Å². The lowest BCUT2D eigenvalue weighted by atomic mass is 10.1. The number of hydrogen-bond donors (Lipinski definition) is 2. The van der Waals surface area contributed by atoms with Gasteiger partial charge in [-0.1, -0.05) is 6.42 Å². The summed E-state index contributed by atoms with van der Waals surface area (Å²) in [7, 11) is 0. The molecule has 0 saturated carbocycles. The van der Waals surface area contributed by atoms with E-state index < -0.39 is 0 Å². The average molecular weight is 243 g/mol. The highest BCUT2D eigenvalue weighted by molar-refractivity contribution is 5.73. The van der Waals surface area contributed by atoms with E-state index in [-0.39, 0.29) is 12.5 Å². The minimum Gasteiger partial charge on any atom is -0.395 e. The second-order valence-electron chi connectivity index (χ2n) is 4.68. The van der Waals surface area contributed by atoms with Crippen molar-refractivity contribution in [3.8, 4) is 0 Å². The van der Waals surface area contributed by atoms with Crippen LogP contribution in [0.3, 0.4) is 0 Å². The van der Waals surface area contributed by atoms with E-state index >= 15 is 0 Å². The first-order valence-corrected chi connectivity index (χ1v) is 6.56. The van der Waals surface area contributed by atoms with E-state index in [4.69, 9.17) is 10.8 Å². The summed E-state index contributed by atoms with van der Waals surface area (Å²) in [6.07, 6.45) is 3.66. The molecule has 1 amide bonds. The lowest BCUT2D eigenvalue weighted by Crippen LogP contribution is -2.47. The number of carbonyl (C=O) groups excluding carboxylic acids is 1. The quantitative estimate of drug-likeness (QED) is 0.571. The Hall–Kier alpha value is -0.650. The fourth-order valence-electron chi connectivity index (χ4n) is 2.19. The number of hydrogen-bond acceptors (Lipinski definition) is 4. The predicted molar refractivity (Wildman–Crippen MR) is 67.6 cm³/mol. The first-order chi connectivity index (χ1) is 8.22. The first kappa shape index (κ1) is 14.4. The normalized spacial score (nSPS) is 18.4. The van der Waals surface area contributed by atoms with Crippen LogP contribution in [-0.4, -0.2) is 66.7 Å².